The largest absolute Gasteiger partial charge is 0.389 e. The van der Waals surface area contributed by atoms with Gasteiger partial charge in [0, 0.05) is 31.6 Å². The van der Waals surface area contributed by atoms with Gasteiger partial charge in [0.2, 0.25) is 0 Å². The van der Waals surface area contributed by atoms with Crippen LogP contribution in [-0.4, -0.2) is 40.2 Å². The average molecular weight is 233 g/mol. The highest BCUT2D eigenvalue weighted by molar-refractivity contribution is 5.39. The Morgan fingerprint density at radius 1 is 1.53 bits per heavy atom. The summed E-state index contributed by atoms with van der Waals surface area (Å²) in [7, 11) is 0. The minimum atomic E-state index is -0.579. The van der Waals surface area contributed by atoms with Crippen LogP contribution in [0.5, 0.6) is 0 Å². The van der Waals surface area contributed by atoms with Gasteiger partial charge >= 0.3 is 0 Å². The third-order valence-corrected chi connectivity index (χ3v) is 4.32. The van der Waals surface area contributed by atoms with E-state index in [0.29, 0.717) is 18.2 Å². The highest BCUT2D eigenvalue weighted by Gasteiger charge is 2.44. The first kappa shape index (κ1) is 11.0. The van der Waals surface area contributed by atoms with Gasteiger partial charge in [-0.15, -0.1) is 0 Å². The van der Waals surface area contributed by atoms with Gasteiger partial charge in [0.05, 0.1) is 5.60 Å². The maximum Gasteiger partial charge on any atom is 0.126 e. The van der Waals surface area contributed by atoms with Gasteiger partial charge in [0.1, 0.15) is 5.82 Å². The number of nitrogens with zero attached hydrogens (tertiary/aromatic N) is 2. The molecule has 3 unspecified atom stereocenters. The maximum absolute atomic E-state index is 10.8. The van der Waals surface area contributed by atoms with Crippen LogP contribution in [0.2, 0.25) is 0 Å². The Kier molecular flexibility index (Phi) is 2.56. The molecular formula is C13H19N3O. The SMILES string of the molecule is Nc1ncccc1CC1(O)CCN2CCC1C2. The Hall–Kier alpha value is -1.13. The van der Waals surface area contributed by atoms with E-state index < -0.39 is 5.60 Å². The Balaban J connectivity index is 1.82. The van der Waals surface area contributed by atoms with E-state index >= 15 is 0 Å². The lowest BCUT2D eigenvalue weighted by atomic mass is 9.78. The zero-order chi connectivity index (χ0) is 11.9. The normalized spacial score (nSPS) is 36.1. The lowest BCUT2D eigenvalue weighted by molar-refractivity contribution is -0.0438. The van der Waals surface area contributed by atoms with Crippen LogP contribution in [0.1, 0.15) is 18.4 Å². The molecule has 0 radical (unpaired) electrons. The predicted octanol–water partition coefficient (Wildman–Crippen LogP) is 0.663. The van der Waals surface area contributed by atoms with E-state index in [1.165, 1.54) is 0 Å². The first-order valence-electron chi connectivity index (χ1n) is 6.31. The van der Waals surface area contributed by atoms with Crippen LogP contribution in [0, 0.1) is 5.92 Å². The molecular weight excluding hydrogens is 214 g/mol. The lowest BCUT2D eigenvalue weighted by Gasteiger charge is -2.39. The van der Waals surface area contributed by atoms with E-state index in [1.54, 1.807) is 6.20 Å². The van der Waals surface area contributed by atoms with Gasteiger partial charge in [-0.2, -0.15) is 0 Å². The van der Waals surface area contributed by atoms with Gasteiger partial charge in [-0.1, -0.05) is 6.07 Å². The number of hydrogen-bond donors (Lipinski definition) is 2. The molecule has 0 amide bonds. The molecule has 17 heavy (non-hydrogen) atoms. The summed E-state index contributed by atoms with van der Waals surface area (Å²) in [5.74, 6) is 0.956. The molecule has 0 aliphatic carbocycles. The number of aromatic nitrogens is 1. The first-order chi connectivity index (χ1) is 8.17. The molecule has 92 valence electrons. The van der Waals surface area contributed by atoms with Crippen LogP contribution in [0.25, 0.3) is 0 Å². The van der Waals surface area contributed by atoms with E-state index in [9.17, 15) is 5.11 Å². The fraction of sp³-hybridized carbons (Fsp3) is 0.615. The van der Waals surface area contributed by atoms with Gasteiger partial charge in [0.15, 0.2) is 0 Å². The second kappa shape index (κ2) is 3.96. The van der Waals surface area contributed by atoms with Crippen molar-refractivity contribution in [2.24, 2.45) is 5.92 Å². The summed E-state index contributed by atoms with van der Waals surface area (Å²) in [6, 6.07) is 3.86. The van der Waals surface area contributed by atoms with Crippen LogP contribution < -0.4 is 5.73 Å². The maximum atomic E-state index is 10.8. The second-order valence-electron chi connectivity index (χ2n) is 5.36. The zero-order valence-electron chi connectivity index (χ0n) is 9.97. The summed E-state index contributed by atoms with van der Waals surface area (Å²) in [6.07, 6.45) is 4.30. The number of rotatable bonds is 2. The van der Waals surface area contributed by atoms with E-state index in [2.05, 4.69) is 9.88 Å². The van der Waals surface area contributed by atoms with Crippen LogP contribution in [0.15, 0.2) is 18.3 Å². The Morgan fingerprint density at radius 3 is 3.24 bits per heavy atom. The van der Waals surface area contributed by atoms with E-state index in [0.717, 1.165) is 38.0 Å². The Bertz CT molecular complexity index is 423. The fourth-order valence-electron chi connectivity index (χ4n) is 3.19. The van der Waals surface area contributed by atoms with Gasteiger partial charge < -0.3 is 15.7 Å². The number of anilines is 1. The summed E-state index contributed by atoms with van der Waals surface area (Å²) < 4.78 is 0. The van der Waals surface area contributed by atoms with Gasteiger partial charge in [-0.3, -0.25) is 0 Å². The van der Waals surface area contributed by atoms with E-state index in [4.69, 9.17) is 5.73 Å². The summed E-state index contributed by atoms with van der Waals surface area (Å²) in [6.45, 7) is 3.18. The Morgan fingerprint density at radius 2 is 2.41 bits per heavy atom. The molecule has 2 bridgehead atoms. The quantitative estimate of drug-likeness (QED) is 0.788. The molecule has 1 aromatic rings. The summed E-state index contributed by atoms with van der Waals surface area (Å²) in [5, 5.41) is 10.8. The van der Waals surface area contributed by atoms with Crippen molar-refractivity contribution in [1.82, 2.24) is 9.88 Å². The van der Waals surface area contributed by atoms with Gasteiger partial charge in [-0.25, -0.2) is 4.98 Å². The molecule has 4 nitrogen and oxygen atoms in total. The van der Waals surface area contributed by atoms with Crippen molar-refractivity contribution in [3.05, 3.63) is 23.9 Å². The van der Waals surface area contributed by atoms with E-state index in [1.807, 2.05) is 12.1 Å². The molecule has 2 fully saturated rings. The van der Waals surface area contributed by atoms with Gasteiger partial charge in [-0.05, 0) is 31.0 Å². The molecule has 0 aromatic carbocycles. The molecule has 0 saturated carbocycles. The molecule has 3 N–H and O–H groups in total. The molecule has 2 saturated heterocycles. The van der Waals surface area contributed by atoms with E-state index in [-0.39, 0.29) is 0 Å². The number of nitrogens with two attached hydrogens (primary N) is 1. The zero-order valence-corrected chi connectivity index (χ0v) is 9.97. The van der Waals surface area contributed by atoms with Crippen LogP contribution in [0.3, 0.4) is 0 Å². The number of hydrogen-bond acceptors (Lipinski definition) is 4. The summed E-state index contributed by atoms with van der Waals surface area (Å²) >= 11 is 0. The smallest absolute Gasteiger partial charge is 0.126 e. The predicted molar refractivity (Wildman–Crippen MR) is 66.5 cm³/mol. The molecule has 1 aromatic heterocycles. The van der Waals surface area contributed by atoms with Crippen molar-refractivity contribution in [3.63, 3.8) is 0 Å². The van der Waals surface area contributed by atoms with Gasteiger partial charge in [0.25, 0.3) is 0 Å². The number of fused-ring (bicyclic) bond motifs is 2. The average Bonchev–Trinajstić information content (AvgIpc) is 2.74. The van der Waals surface area contributed by atoms with Crippen molar-refractivity contribution in [2.45, 2.75) is 24.9 Å². The van der Waals surface area contributed by atoms with Crippen LogP contribution in [0.4, 0.5) is 5.82 Å². The highest BCUT2D eigenvalue weighted by Crippen LogP contribution is 2.38. The van der Waals surface area contributed by atoms with Crippen molar-refractivity contribution < 1.29 is 5.11 Å². The standard InChI is InChI=1S/C13H19N3O/c14-12-10(2-1-5-15-12)8-13(17)4-7-16-6-3-11(13)9-16/h1-2,5,11,17H,3-4,6-9H2,(H2,14,15). The Labute approximate surface area is 101 Å². The molecule has 3 heterocycles. The first-order valence-corrected chi connectivity index (χ1v) is 6.31. The summed E-state index contributed by atoms with van der Waals surface area (Å²) in [4.78, 5) is 6.53. The molecule has 0 spiro atoms. The van der Waals surface area contributed by atoms with Crippen LogP contribution >= 0.6 is 0 Å². The minimum Gasteiger partial charge on any atom is -0.389 e. The highest BCUT2D eigenvalue weighted by atomic mass is 16.3. The second-order valence-corrected chi connectivity index (χ2v) is 5.36. The number of piperidine rings is 1. The lowest BCUT2D eigenvalue weighted by Crippen LogP contribution is -2.47. The molecule has 4 heteroatoms. The monoisotopic (exact) mass is 233 g/mol. The van der Waals surface area contributed by atoms with Crippen molar-refractivity contribution >= 4 is 5.82 Å². The number of aliphatic hydroxyl groups is 1. The minimum absolute atomic E-state index is 0.399. The fourth-order valence-corrected chi connectivity index (χ4v) is 3.19. The molecule has 3 atom stereocenters. The third-order valence-electron chi connectivity index (χ3n) is 4.32. The van der Waals surface area contributed by atoms with Crippen molar-refractivity contribution in [1.29, 1.82) is 0 Å². The molecule has 2 aliphatic heterocycles. The van der Waals surface area contributed by atoms with Crippen molar-refractivity contribution in [2.75, 3.05) is 25.4 Å². The summed E-state index contributed by atoms with van der Waals surface area (Å²) in [5.41, 5.74) is 6.26. The topological polar surface area (TPSA) is 62.4 Å². The molecule has 3 rings (SSSR count). The van der Waals surface area contributed by atoms with Crippen molar-refractivity contribution in [3.8, 4) is 0 Å². The third kappa shape index (κ3) is 1.91. The van der Waals surface area contributed by atoms with Crippen LogP contribution in [-0.2, 0) is 6.42 Å². The number of pyridine rings is 1. The molecule has 2 aliphatic rings. The number of nitrogen functional groups attached to an aromatic ring is 1.